The van der Waals surface area contributed by atoms with E-state index in [1.165, 1.54) is 0 Å². The average Bonchev–Trinajstić information content (AvgIpc) is 3.05. The second-order valence-corrected chi connectivity index (χ2v) is 6.04. The van der Waals surface area contributed by atoms with Crippen LogP contribution in [0.5, 0.6) is 0 Å². The number of carbonyl (C=O) groups is 1. The number of aromatic nitrogens is 2. The molecule has 1 aromatic carbocycles. The third-order valence-corrected chi connectivity index (χ3v) is 4.02. The number of hydrogen-bond acceptors (Lipinski definition) is 2. The molecule has 0 aliphatic carbocycles. The number of amides is 1. The van der Waals surface area contributed by atoms with Crippen LogP contribution in [0.1, 0.15) is 38.3 Å². The van der Waals surface area contributed by atoms with Crippen molar-refractivity contribution in [2.75, 3.05) is 11.4 Å². The third kappa shape index (κ3) is 2.56. The van der Waals surface area contributed by atoms with Crippen molar-refractivity contribution in [2.45, 2.75) is 32.6 Å². The van der Waals surface area contributed by atoms with Crippen molar-refractivity contribution in [1.82, 2.24) is 9.78 Å². The lowest BCUT2D eigenvalue weighted by atomic mass is 10.1. The zero-order valence-corrected chi connectivity index (χ0v) is 13.0. The van der Waals surface area contributed by atoms with Gasteiger partial charge in [-0.15, -0.1) is 0 Å². The lowest BCUT2D eigenvalue weighted by molar-refractivity contribution is -0.117. The number of benzene rings is 1. The van der Waals surface area contributed by atoms with E-state index < -0.39 is 0 Å². The van der Waals surface area contributed by atoms with E-state index in [2.05, 4.69) is 18.9 Å². The van der Waals surface area contributed by atoms with Gasteiger partial charge in [0.25, 0.3) is 0 Å². The fourth-order valence-corrected chi connectivity index (χ4v) is 2.91. The maximum absolute atomic E-state index is 12.0. The number of halogens is 1. The van der Waals surface area contributed by atoms with E-state index in [-0.39, 0.29) is 11.8 Å². The van der Waals surface area contributed by atoms with Gasteiger partial charge in [0.05, 0.1) is 23.3 Å². The molecule has 0 radical (unpaired) electrons. The van der Waals surface area contributed by atoms with E-state index in [1.807, 2.05) is 33.8 Å². The second-order valence-electron chi connectivity index (χ2n) is 5.61. The maximum atomic E-state index is 12.0. The van der Waals surface area contributed by atoms with E-state index in [0.29, 0.717) is 11.4 Å². The number of anilines is 1. The SMILES string of the molecule is CC(C)c1c(N2CCCC2=O)cnn1-c1ccc(Cl)cc1. The molecule has 1 aliphatic rings. The van der Waals surface area contributed by atoms with Gasteiger partial charge in [-0.2, -0.15) is 5.10 Å². The molecule has 110 valence electrons. The van der Waals surface area contributed by atoms with Gasteiger partial charge in [0.1, 0.15) is 0 Å². The van der Waals surface area contributed by atoms with Gasteiger partial charge in [-0.25, -0.2) is 4.68 Å². The summed E-state index contributed by atoms with van der Waals surface area (Å²) in [5.74, 6) is 0.458. The summed E-state index contributed by atoms with van der Waals surface area (Å²) in [5, 5.41) is 5.20. The average molecular weight is 304 g/mol. The van der Waals surface area contributed by atoms with Gasteiger partial charge in [0.2, 0.25) is 5.91 Å². The Morgan fingerprint density at radius 1 is 1.24 bits per heavy atom. The summed E-state index contributed by atoms with van der Waals surface area (Å²) >= 11 is 5.95. The highest BCUT2D eigenvalue weighted by Crippen LogP contribution is 2.32. The summed E-state index contributed by atoms with van der Waals surface area (Å²) < 4.78 is 1.90. The monoisotopic (exact) mass is 303 g/mol. The van der Waals surface area contributed by atoms with Gasteiger partial charge in [0, 0.05) is 18.0 Å². The van der Waals surface area contributed by atoms with Crippen molar-refractivity contribution < 1.29 is 4.79 Å². The quantitative estimate of drug-likeness (QED) is 0.865. The summed E-state index contributed by atoms with van der Waals surface area (Å²) in [6, 6.07) is 7.58. The molecule has 4 nitrogen and oxygen atoms in total. The Morgan fingerprint density at radius 3 is 2.52 bits per heavy atom. The molecule has 21 heavy (non-hydrogen) atoms. The van der Waals surface area contributed by atoms with E-state index in [9.17, 15) is 4.79 Å². The summed E-state index contributed by atoms with van der Waals surface area (Å²) in [5.41, 5.74) is 2.95. The molecule has 5 heteroatoms. The summed E-state index contributed by atoms with van der Waals surface area (Å²) in [4.78, 5) is 13.9. The number of hydrogen-bond donors (Lipinski definition) is 0. The normalized spacial score (nSPS) is 15.2. The first-order chi connectivity index (χ1) is 10.1. The highest BCUT2D eigenvalue weighted by atomic mass is 35.5. The predicted molar refractivity (Wildman–Crippen MR) is 84.3 cm³/mol. The molecule has 1 saturated heterocycles. The van der Waals surface area contributed by atoms with Gasteiger partial charge < -0.3 is 4.90 Å². The number of rotatable bonds is 3. The third-order valence-electron chi connectivity index (χ3n) is 3.77. The van der Waals surface area contributed by atoms with Crippen molar-refractivity contribution in [1.29, 1.82) is 0 Å². The van der Waals surface area contributed by atoms with Crippen LogP contribution in [0.4, 0.5) is 5.69 Å². The van der Waals surface area contributed by atoms with Crippen LogP contribution in [0, 0.1) is 0 Å². The maximum Gasteiger partial charge on any atom is 0.227 e. The van der Waals surface area contributed by atoms with E-state index in [4.69, 9.17) is 11.6 Å². The molecular weight excluding hydrogens is 286 g/mol. The van der Waals surface area contributed by atoms with Gasteiger partial charge in [-0.05, 0) is 36.6 Å². The Hall–Kier alpha value is -1.81. The van der Waals surface area contributed by atoms with Gasteiger partial charge in [-0.1, -0.05) is 25.4 Å². The molecule has 0 bridgehead atoms. The number of carbonyl (C=O) groups excluding carboxylic acids is 1. The highest BCUT2D eigenvalue weighted by Gasteiger charge is 2.27. The molecule has 3 rings (SSSR count). The minimum absolute atomic E-state index is 0.188. The Balaban J connectivity index is 2.08. The highest BCUT2D eigenvalue weighted by molar-refractivity contribution is 6.30. The predicted octanol–water partition coefficient (Wildman–Crippen LogP) is 3.78. The van der Waals surface area contributed by atoms with Crippen LogP contribution in [0.2, 0.25) is 5.02 Å². The lowest BCUT2D eigenvalue weighted by Crippen LogP contribution is -2.25. The van der Waals surface area contributed by atoms with E-state index in [0.717, 1.165) is 30.0 Å². The fraction of sp³-hybridized carbons (Fsp3) is 0.375. The zero-order chi connectivity index (χ0) is 15.0. The Labute approximate surface area is 129 Å². The van der Waals surface area contributed by atoms with Crippen molar-refractivity contribution >= 4 is 23.2 Å². The largest absolute Gasteiger partial charge is 0.309 e. The van der Waals surface area contributed by atoms with Crippen molar-refractivity contribution in [3.63, 3.8) is 0 Å². The Bertz CT molecular complexity index is 661. The van der Waals surface area contributed by atoms with E-state index in [1.54, 1.807) is 6.20 Å². The first kappa shape index (κ1) is 14.1. The molecule has 2 heterocycles. The molecule has 1 amide bonds. The summed E-state index contributed by atoms with van der Waals surface area (Å²) in [6.07, 6.45) is 3.35. The minimum atomic E-state index is 0.188. The molecule has 1 aromatic heterocycles. The van der Waals surface area contributed by atoms with Crippen LogP contribution in [0.25, 0.3) is 5.69 Å². The fourth-order valence-electron chi connectivity index (χ4n) is 2.79. The van der Waals surface area contributed by atoms with Crippen LogP contribution < -0.4 is 4.90 Å². The number of nitrogens with zero attached hydrogens (tertiary/aromatic N) is 3. The molecule has 0 spiro atoms. The van der Waals surface area contributed by atoms with Crippen LogP contribution in [-0.4, -0.2) is 22.2 Å². The molecule has 1 aliphatic heterocycles. The second kappa shape index (κ2) is 5.53. The minimum Gasteiger partial charge on any atom is -0.309 e. The zero-order valence-electron chi connectivity index (χ0n) is 12.2. The van der Waals surface area contributed by atoms with Crippen LogP contribution in [-0.2, 0) is 4.79 Å². The molecule has 0 atom stereocenters. The molecule has 1 fully saturated rings. The molecule has 0 unspecified atom stereocenters. The Morgan fingerprint density at radius 2 is 1.95 bits per heavy atom. The molecular formula is C16H18ClN3O. The topological polar surface area (TPSA) is 38.1 Å². The first-order valence-corrected chi connectivity index (χ1v) is 7.60. The van der Waals surface area contributed by atoms with Gasteiger partial charge >= 0.3 is 0 Å². The van der Waals surface area contributed by atoms with Gasteiger partial charge in [-0.3, -0.25) is 4.79 Å². The van der Waals surface area contributed by atoms with Crippen molar-refractivity contribution in [3.8, 4) is 5.69 Å². The van der Waals surface area contributed by atoms with Gasteiger partial charge in [0.15, 0.2) is 0 Å². The van der Waals surface area contributed by atoms with Crippen molar-refractivity contribution in [3.05, 3.63) is 41.2 Å². The standard InChI is InChI=1S/C16H18ClN3O/c1-11(2)16-14(19-9-3-4-15(19)21)10-18-20(16)13-7-5-12(17)6-8-13/h5-8,10-11H,3-4,9H2,1-2H3. The van der Waals surface area contributed by atoms with Crippen LogP contribution >= 0.6 is 11.6 Å². The lowest BCUT2D eigenvalue weighted by Gasteiger charge is -2.19. The molecule has 2 aromatic rings. The first-order valence-electron chi connectivity index (χ1n) is 7.22. The Kier molecular flexibility index (Phi) is 3.72. The van der Waals surface area contributed by atoms with Crippen molar-refractivity contribution in [2.24, 2.45) is 0 Å². The molecule has 0 saturated carbocycles. The summed E-state index contributed by atoms with van der Waals surface area (Å²) in [6.45, 7) is 5.02. The van der Waals surface area contributed by atoms with E-state index >= 15 is 0 Å². The molecule has 0 N–H and O–H groups in total. The smallest absolute Gasteiger partial charge is 0.227 e. The summed E-state index contributed by atoms with van der Waals surface area (Å²) in [7, 11) is 0. The van der Waals surface area contributed by atoms with Crippen LogP contribution in [0.15, 0.2) is 30.5 Å². The van der Waals surface area contributed by atoms with Crippen LogP contribution in [0.3, 0.4) is 0 Å².